The minimum Gasteiger partial charge on any atom is -0.339 e. The Morgan fingerprint density at radius 2 is 1.97 bits per heavy atom. The van der Waals surface area contributed by atoms with Gasteiger partial charge < -0.3 is 9.84 Å². The molecule has 9 heteroatoms. The van der Waals surface area contributed by atoms with Gasteiger partial charge in [-0.15, -0.1) is 11.3 Å². The van der Waals surface area contributed by atoms with Crippen LogP contribution >= 0.6 is 11.3 Å². The van der Waals surface area contributed by atoms with Gasteiger partial charge in [0.1, 0.15) is 5.69 Å². The summed E-state index contributed by atoms with van der Waals surface area (Å²) in [6, 6.07) is 11.9. The standard InChI is InChI=1S/C25H26N6O2S/c1-16-6-7-19(13-17(16)2)21-15-34-25(27-21)28-22(32)14-31-11-8-18(9-12-31)24-29-23(30-33-24)20-5-3-4-10-26-20/h3-7,10,13,15,18H,8-9,11-12,14H2,1-2H3,(H,27,28,32). The summed E-state index contributed by atoms with van der Waals surface area (Å²) < 4.78 is 5.50. The highest BCUT2D eigenvalue weighted by atomic mass is 32.1. The average molecular weight is 475 g/mol. The van der Waals surface area contributed by atoms with Crippen LogP contribution < -0.4 is 5.32 Å². The van der Waals surface area contributed by atoms with Crippen molar-refractivity contribution >= 4 is 22.4 Å². The zero-order valence-electron chi connectivity index (χ0n) is 19.2. The number of hydrogen-bond donors (Lipinski definition) is 1. The Hall–Kier alpha value is -3.43. The summed E-state index contributed by atoms with van der Waals surface area (Å²) in [5, 5.41) is 9.63. The van der Waals surface area contributed by atoms with Crippen LogP contribution in [0.2, 0.25) is 0 Å². The van der Waals surface area contributed by atoms with Crippen LogP contribution in [0.1, 0.15) is 35.8 Å². The molecule has 174 valence electrons. The number of aromatic nitrogens is 4. The van der Waals surface area contributed by atoms with Crippen LogP contribution in [0.25, 0.3) is 22.8 Å². The van der Waals surface area contributed by atoms with Gasteiger partial charge in [0, 0.05) is 23.1 Å². The fraction of sp³-hybridized carbons (Fsp3) is 0.320. The predicted octanol–water partition coefficient (Wildman–Crippen LogP) is 4.69. The molecule has 4 heterocycles. The summed E-state index contributed by atoms with van der Waals surface area (Å²) in [5.74, 6) is 1.31. The van der Waals surface area contributed by atoms with Gasteiger partial charge in [0.05, 0.1) is 12.2 Å². The van der Waals surface area contributed by atoms with Crippen LogP contribution in [0.3, 0.4) is 0 Å². The highest BCUT2D eigenvalue weighted by Crippen LogP contribution is 2.29. The number of likely N-dealkylation sites (tertiary alicyclic amines) is 1. The number of pyridine rings is 1. The topological polar surface area (TPSA) is 97.0 Å². The van der Waals surface area contributed by atoms with E-state index in [2.05, 4.69) is 62.4 Å². The Kier molecular flexibility index (Phi) is 6.46. The largest absolute Gasteiger partial charge is 0.339 e. The van der Waals surface area contributed by atoms with Crippen LogP contribution in [0.15, 0.2) is 52.5 Å². The number of anilines is 1. The van der Waals surface area contributed by atoms with Gasteiger partial charge in [-0.05, 0) is 69.1 Å². The number of aryl methyl sites for hydroxylation is 2. The van der Waals surface area contributed by atoms with Crippen LogP contribution in [-0.4, -0.2) is 50.5 Å². The number of carbonyl (C=O) groups excluding carboxylic acids is 1. The third-order valence-electron chi connectivity index (χ3n) is 6.19. The quantitative estimate of drug-likeness (QED) is 0.433. The molecule has 1 N–H and O–H groups in total. The molecule has 0 bridgehead atoms. The molecule has 1 amide bonds. The number of rotatable bonds is 6. The van der Waals surface area contributed by atoms with Crippen LogP contribution in [0.5, 0.6) is 0 Å². The van der Waals surface area contributed by atoms with E-state index in [1.807, 2.05) is 23.6 Å². The second kappa shape index (κ2) is 9.82. The number of piperidine rings is 1. The normalized spacial score (nSPS) is 14.9. The Morgan fingerprint density at radius 3 is 2.74 bits per heavy atom. The maximum Gasteiger partial charge on any atom is 0.240 e. The SMILES string of the molecule is Cc1ccc(-c2csc(NC(=O)CN3CCC(c4nc(-c5ccccn5)no4)CC3)n2)cc1C. The molecule has 1 aliphatic rings. The fourth-order valence-corrected chi connectivity index (χ4v) is 4.80. The summed E-state index contributed by atoms with van der Waals surface area (Å²) >= 11 is 1.45. The molecule has 0 spiro atoms. The molecule has 1 saturated heterocycles. The smallest absolute Gasteiger partial charge is 0.240 e. The van der Waals surface area contributed by atoms with Crippen LogP contribution in [-0.2, 0) is 4.79 Å². The minimum atomic E-state index is -0.0466. The first-order valence-electron chi connectivity index (χ1n) is 11.4. The van der Waals surface area contributed by atoms with Crippen molar-refractivity contribution in [2.75, 3.05) is 25.0 Å². The number of thiazole rings is 1. The molecular formula is C25H26N6O2S. The fourth-order valence-electron chi connectivity index (χ4n) is 4.06. The van der Waals surface area contributed by atoms with Gasteiger partial charge in [-0.2, -0.15) is 4.98 Å². The lowest BCUT2D eigenvalue weighted by Crippen LogP contribution is -2.38. The molecule has 5 rings (SSSR count). The van der Waals surface area contributed by atoms with E-state index in [9.17, 15) is 4.79 Å². The number of amides is 1. The Labute approximate surface area is 202 Å². The number of nitrogens with zero attached hydrogens (tertiary/aromatic N) is 5. The Bertz CT molecular complexity index is 1280. The molecule has 34 heavy (non-hydrogen) atoms. The predicted molar refractivity (Wildman–Crippen MR) is 132 cm³/mol. The third-order valence-corrected chi connectivity index (χ3v) is 6.95. The lowest BCUT2D eigenvalue weighted by atomic mass is 9.97. The summed E-state index contributed by atoms with van der Waals surface area (Å²) in [6.45, 7) is 6.12. The first-order chi connectivity index (χ1) is 16.5. The number of benzene rings is 1. The number of nitrogens with one attached hydrogen (secondary N) is 1. The average Bonchev–Trinajstić information content (AvgIpc) is 3.52. The zero-order valence-corrected chi connectivity index (χ0v) is 20.0. The highest BCUT2D eigenvalue weighted by molar-refractivity contribution is 7.14. The molecule has 1 aromatic carbocycles. The van der Waals surface area contributed by atoms with Crippen molar-refractivity contribution in [1.82, 2.24) is 25.0 Å². The number of hydrogen-bond acceptors (Lipinski definition) is 8. The van der Waals surface area contributed by atoms with Gasteiger partial charge in [-0.1, -0.05) is 23.4 Å². The van der Waals surface area contributed by atoms with E-state index in [-0.39, 0.29) is 11.8 Å². The maximum absolute atomic E-state index is 12.6. The Balaban J connectivity index is 1.12. The van der Waals surface area contributed by atoms with Gasteiger partial charge in [-0.25, -0.2) is 4.98 Å². The lowest BCUT2D eigenvalue weighted by Gasteiger charge is -2.29. The van der Waals surface area contributed by atoms with E-state index in [0.29, 0.717) is 29.1 Å². The van der Waals surface area contributed by atoms with Crippen molar-refractivity contribution in [1.29, 1.82) is 0 Å². The van der Waals surface area contributed by atoms with Gasteiger partial charge in [0.25, 0.3) is 0 Å². The molecule has 0 aliphatic carbocycles. The number of carbonyl (C=O) groups is 1. The monoisotopic (exact) mass is 474 g/mol. The first kappa shape index (κ1) is 22.4. The van der Waals surface area contributed by atoms with Crippen LogP contribution in [0.4, 0.5) is 5.13 Å². The minimum absolute atomic E-state index is 0.0466. The van der Waals surface area contributed by atoms with E-state index in [1.165, 1.54) is 22.5 Å². The maximum atomic E-state index is 12.6. The molecule has 0 unspecified atom stereocenters. The zero-order chi connectivity index (χ0) is 23.5. The molecule has 0 saturated carbocycles. The second-order valence-corrected chi connectivity index (χ2v) is 9.46. The summed E-state index contributed by atoms with van der Waals surface area (Å²) in [6.07, 6.45) is 3.45. The van der Waals surface area contributed by atoms with Gasteiger partial charge in [0.2, 0.25) is 17.6 Å². The van der Waals surface area contributed by atoms with Gasteiger partial charge in [-0.3, -0.25) is 14.7 Å². The van der Waals surface area contributed by atoms with Crippen molar-refractivity contribution in [3.05, 3.63) is 65.0 Å². The van der Waals surface area contributed by atoms with E-state index in [1.54, 1.807) is 6.20 Å². The van der Waals surface area contributed by atoms with Crippen molar-refractivity contribution < 1.29 is 9.32 Å². The molecular weight excluding hydrogens is 448 g/mol. The van der Waals surface area contributed by atoms with Crippen molar-refractivity contribution in [3.8, 4) is 22.8 Å². The summed E-state index contributed by atoms with van der Waals surface area (Å²) in [5.41, 5.74) is 5.13. The van der Waals surface area contributed by atoms with E-state index in [0.717, 1.165) is 37.2 Å². The molecule has 3 aromatic heterocycles. The third kappa shape index (κ3) is 5.05. The van der Waals surface area contributed by atoms with Crippen molar-refractivity contribution in [2.24, 2.45) is 0 Å². The van der Waals surface area contributed by atoms with E-state index in [4.69, 9.17) is 4.52 Å². The van der Waals surface area contributed by atoms with Crippen LogP contribution in [0, 0.1) is 13.8 Å². The second-order valence-electron chi connectivity index (χ2n) is 8.61. The first-order valence-corrected chi connectivity index (χ1v) is 12.2. The molecule has 0 radical (unpaired) electrons. The summed E-state index contributed by atoms with van der Waals surface area (Å²) in [7, 11) is 0. The molecule has 1 fully saturated rings. The lowest BCUT2D eigenvalue weighted by molar-refractivity contribution is -0.117. The van der Waals surface area contributed by atoms with Gasteiger partial charge in [0.15, 0.2) is 5.13 Å². The Morgan fingerprint density at radius 1 is 1.12 bits per heavy atom. The van der Waals surface area contributed by atoms with Gasteiger partial charge >= 0.3 is 0 Å². The highest BCUT2D eigenvalue weighted by Gasteiger charge is 2.26. The molecule has 4 aromatic rings. The van der Waals surface area contributed by atoms with Crippen molar-refractivity contribution in [2.45, 2.75) is 32.6 Å². The summed E-state index contributed by atoms with van der Waals surface area (Å²) in [4.78, 5) is 28.2. The van der Waals surface area contributed by atoms with E-state index < -0.39 is 0 Å². The van der Waals surface area contributed by atoms with Crippen molar-refractivity contribution in [3.63, 3.8) is 0 Å². The molecule has 0 atom stereocenters. The molecule has 1 aliphatic heterocycles. The molecule has 8 nitrogen and oxygen atoms in total. The van der Waals surface area contributed by atoms with E-state index >= 15 is 0 Å².